The molecule has 7 heteroatoms. The second kappa shape index (κ2) is 11.2. The van der Waals surface area contributed by atoms with E-state index in [1.165, 1.54) is 6.42 Å². The Morgan fingerprint density at radius 3 is 2.37 bits per heavy atom. The number of nitrogens with one attached hydrogen (secondary N) is 1. The van der Waals surface area contributed by atoms with Gasteiger partial charge in [0.1, 0.15) is 11.8 Å². The number of hydrogen-bond acceptors (Lipinski definition) is 4. The monoisotopic (exact) mass is 474 g/mol. The Morgan fingerprint density at radius 2 is 1.71 bits per heavy atom. The van der Waals surface area contributed by atoms with Gasteiger partial charge < -0.3 is 10.1 Å². The van der Waals surface area contributed by atoms with Crippen LogP contribution >= 0.6 is 0 Å². The number of hydrogen-bond donors (Lipinski definition) is 1. The largest absolute Gasteiger partial charge is 0.495 e. The van der Waals surface area contributed by atoms with E-state index < -0.39 is 6.04 Å². The second-order valence-electron chi connectivity index (χ2n) is 9.31. The quantitative estimate of drug-likeness (QED) is 0.480. The van der Waals surface area contributed by atoms with Crippen LogP contribution in [0.1, 0.15) is 74.0 Å². The van der Waals surface area contributed by atoms with Crippen molar-refractivity contribution in [3.63, 3.8) is 0 Å². The molecule has 0 unspecified atom stereocenters. The third-order valence-corrected chi connectivity index (χ3v) is 6.51. The summed E-state index contributed by atoms with van der Waals surface area (Å²) in [7, 11) is 1.57. The molecule has 1 aliphatic carbocycles. The highest BCUT2D eigenvalue weighted by atomic mass is 16.5. The summed E-state index contributed by atoms with van der Waals surface area (Å²) in [4.78, 5) is 29.6. The zero-order chi connectivity index (χ0) is 24.8. The lowest BCUT2D eigenvalue weighted by molar-refractivity contribution is -0.123. The number of carbonyl (C=O) groups is 2. The molecule has 0 radical (unpaired) electrons. The summed E-state index contributed by atoms with van der Waals surface area (Å²) in [6.45, 7) is 4.01. The number of nitrogens with zero attached hydrogens (tertiary/aromatic N) is 3. The number of amides is 2. The van der Waals surface area contributed by atoms with Gasteiger partial charge >= 0.3 is 0 Å². The van der Waals surface area contributed by atoms with Gasteiger partial charge in [-0.1, -0.05) is 61.7 Å². The molecule has 2 aromatic carbocycles. The predicted molar refractivity (Wildman–Crippen MR) is 137 cm³/mol. The van der Waals surface area contributed by atoms with Crippen molar-refractivity contribution in [2.75, 3.05) is 12.0 Å². The molecular formula is C28H34N4O3. The van der Waals surface area contributed by atoms with Gasteiger partial charge in [0.2, 0.25) is 5.91 Å². The number of ether oxygens (including phenoxy) is 1. The molecular weight excluding hydrogens is 440 g/mol. The molecule has 0 spiro atoms. The lowest BCUT2D eigenvalue weighted by Crippen LogP contribution is -2.47. The maximum Gasteiger partial charge on any atom is 0.262 e. The summed E-state index contributed by atoms with van der Waals surface area (Å²) in [6.07, 6.45) is 8.60. The molecule has 1 saturated carbocycles. The number of methoxy groups -OCH3 is 1. The van der Waals surface area contributed by atoms with Crippen LogP contribution in [0.25, 0.3) is 0 Å². The molecule has 1 aromatic heterocycles. The summed E-state index contributed by atoms with van der Waals surface area (Å²) in [5.41, 5.74) is 1.68. The van der Waals surface area contributed by atoms with E-state index in [0.717, 1.165) is 31.2 Å². The Balaban J connectivity index is 1.81. The highest BCUT2D eigenvalue weighted by molar-refractivity contribution is 6.10. The lowest BCUT2D eigenvalue weighted by atomic mass is 9.94. The van der Waals surface area contributed by atoms with Gasteiger partial charge in [0, 0.05) is 18.3 Å². The van der Waals surface area contributed by atoms with Crippen LogP contribution < -0.4 is 15.0 Å². The molecule has 1 aliphatic rings. The number of para-hydroxylation sites is 2. The summed E-state index contributed by atoms with van der Waals surface area (Å²) < 4.78 is 7.37. The third-order valence-electron chi connectivity index (χ3n) is 6.51. The zero-order valence-corrected chi connectivity index (χ0v) is 20.7. The van der Waals surface area contributed by atoms with Gasteiger partial charge in [0.15, 0.2) is 0 Å². The number of benzene rings is 2. The van der Waals surface area contributed by atoms with Gasteiger partial charge in [0.25, 0.3) is 5.91 Å². The highest BCUT2D eigenvalue weighted by Gasteiger charge is 2.36. The fourth-order valence-corrected chi connectivity index (χ4v) is 4.64. The highest BCUT2D eigenvalue weighted by Crippen LogP contribution is 2.36. The minimum absolute atomic E-state index is 0.107. The van der Waals surface area contributed by atoms with E-state index >= 15 is 0 Å². The van der Waals surface area contributed by atoms with E-state index in [0.29, 0.717) is 17.0 Å². The molecule has 1 heterocycles. The first-order valence-electron chi connectivity index (χ1n) is 12.4. The first-order chi connectivity index (χ1) is 17.0. The van der Waals surface area contributed by atoms with Crippen LogP contribution in [0.5, 0.6) is 5.75 Å². The molecule has 0 aliphatic heterocycles. The van der Waals surface area contributed by atoms with Crippen molar-refractivity contribution >= 4 is 17.5 Å². The predicted octanol–water partition coefficient (Wildman–Crippen LogP) is 5.31. The molecule has 7 nitrogen and oxygen atoms in total. The number of rotatable bonds is 8. The lowest BCUT2D eigenvalue weighted by Gasteiger charge is -2.34. The first kappa shape index (κ1) is 24.5. The maximum absolute atomic E-state index is 14.1. The Bertz CT molecular complexity index is 1140. The molecule has 184 valence electrons. The molecule has 3 aromatic rings. The molecule has 1 N–H and O–H groups in total. The van der Waals surface area contributed by atoms with Gasteiger partial charge in [-0.25, -0.2) is 0 Å². The van der Waals surface area contributed by atoms with Gasteiger partial charge in [-0.2, -0.15) is 5.10 Å². The van der Waals surface area contributed by atoms with Crippen LogP contribution in [0.4, 0.5) is 5.69 Å². The van der Waals surface area contributed by atoms with Crippen LogP contribution in [0, 0.1) is 0 Å². The van der Waals surface area contributed by atoms with Crippen molar-refractivity contribution in [1.29, 1.82) is 0 Å². The van der Waals surface area contributed by atoms with E-state index in [2.05, 4.69) is 10.4 Å². The van der Waals surface area contributed by atoms with Crippen LogP contribution in [-0.2, 0) is 4.79 Å². The van der Waals surface area contributed by atoms with Gasteiger partial charge in [0.05, 0.1) is 24.6 Å². The molecule has 1 atom stereocenters. The minimum Gasteiger partial charge on any atom is -0.495 e. The van der Waals surface area contributed by atoms with Crippen LogP contribution in [0.3, 0.4) is 0 Å². The number of anilines is 1. The molecule has 35 heavy (non-hydrogen) atoms. The SMILES string of the molecule is COc1ccccc1N(C(=O)c1cnn(C(C)C)c1)[C@@H](C(=O)NC1CCCCC1)c1ccccc1. The van der Waals surface area contributed by atoms with E-state index in [1.54, 1.807) is 35.2 Å². The maximum atomic E-state index is 14.1. The Kier molecular flexibility index (Phi) is 7.85. The smallest absolute Gasteiger partial charge is 0.262 e. The second-order valence-corrected chi connectivity index (χ2v) is 9.31. The van der Waals surface area contributed by atoms with Crippen LogP contribution in [-0.4, -0.2) is 34.7 Å². The molecule has 0 saturated heterocycles. The van der Waals surface area contributed by atoms with Gasteiger partial charge in [-0.3, -0.25) is 19.2 Å². The van der Waals surface area contributed by atoms with Gasteiger partial charge in [-0.05, 0) is 44.4 Å². The average molecular weight is 475 g/mol. The van der Waals surface area contributed by atoms with E-state index in [4.69, 9.17) is 4.74 Å². The zero-order valence-electron chi connectivity index (χ0n) is 20.7. The van der Waals surface area contributed by atoms with E-state index in [1.807, 2.05) is 62.4 Å². The van der Waals surface area contributed by atoms with Crippen molar-refractivity contribution in [2.24, 2.45) is 0 Å². The summed E-state index contributed by atoms with van der Waals surface area (Å²) in [5.74, 6) is 0.0103. The molecule has 1 fully saturated rings. The topological polar surface area (TPSA) is 76.5 Å². The fourth-order valence-electron chi connectivity index (χ4n) is 4.64. The fraction of sp³-hybridized carbons (Fsp3) is 0.393. The number of carbonyl (C=O) groups excluding carboxylic acids is 2. The molecule has 4 rings (SSSR count). The Hall–Kier alpha value is -3.61. The van der Waals surface area contributed by atoms with Gasteiger partial charge in [-0.15, -0.1) is 0 Å². The third kappa shape index (κ3) is 5.56. The van der Waals surface area contributed by atoms with Crippen molar-refractivity contribution in [1.82, 2.24) is 15.1 Å². The average Bonchev–Trinajstić information content (AvgIpc) is 3.39. The first-order valence-corrected chi connectivity index (χ1v) is 12.4. The van der Waals surface area contributed by atoms with Crippen molar-refractivity contribution in [3.05, 3.63) is 78.1 Å². The molecule has 0 bridgehead atoms. The summed E-state index contributed by atoms with van der Waals surface area (Å²) in [6, 6.07) is 16.1. The van der Waals surface area contributed by atoms with Crippen molar-refractivity contribution in [2.45, 2.75) is 64.1 Å². The van der Waals surface area contributed by atoms with Crippen LogP contribution in [0.2, 0.25) is 0 Å². The van der Waals surface area contributed by atoms with Crippen molar-refractivity contribution < 1.29 is 14.3 Å². The Morgan fingerprint density at radius 1 is 1.03 bits per heavy atom. The minimum atomic E-state index is -0.871. The Labute approximate surface area is 207 Å². The van der Waals surface area contributed by atoms with E-state index in [9.17, 15) is 9.59 Å². The number of aromatic nitrogens is 2. The standard InChI is InChI=1S/C28H34N4O3/c1-20(2)31-19-22(18-29-31)28(34)32(24-16-10-11-17-25(24)35-3)26(21-12-6-4-7-13-21)27(33)30-23-14-8-5-9-15-23/h4,6-7,10-13,16-20,23,26H,5,8-9,14-15H2,1-3H3,(H,30,33)/t26-/m1/s1. The van der Waals surface area contributed by atoms with Crippen LogP contribution in [0.15, 0.2) is 67.0 Å². The van der Waals surface area contributed by atoms with E-state index in [-0.39, 0.29) is 23.9 Å². The molecule has 2 amide bonds. The summed E-state index contributed by atoms with van der Waals surface area (Å²) in [5, 5.41) is 7.60. The summed E-state index contributed by atoms with van der Waals surface area (Å²) >= 11 is 0. The van der Waals surface area contributed by atoms with Crippen molar-refractivity contribution in [3.8, 4) is 5.75 Å². The normalized spacial score (nSPS) is 15.0.